The van der Waals surface area contributed by atoms with E-state index in [1.54, 1.807) is 24.3 Å². The Morgan fingerprint density at radius 2 is 1.45 bits per heavy atom. The first-order chi connectivity index (χ1) is 10.5. The van der Waals surface area contributed by atoms with Crippen molar-refractivity contribution in [3.63, 3.8) is 0 Å². The lowest BCUT2D eigenvalue weighted by Gasteiger charge is -2.11. The summed E-state index contributed by atoms with van der Waals surface area (Å²) in [5.74, 6) is -0.973. The zero-order chi connectivity index (χ0) is 16.1. The highest BCUT2D eigenvalue weighted by molar-refractivity contribution is 6.43. The van der Waals surface area contributed by atoms with Crippen molar-refractivity contribution in [1.29, 1.82) is 0 Å². The van der Waals surface area contributed by atoms with Crippen molar-refractivity contribution in [2.75, 3.05) is 17.7 Å². The number of hydrogen-bond acceptors (Lipinski definition) is 3. The molecular weight excluding hydrogens is 280 g/mol. The van der Waals surface area contributed by atoms with Crippen LogP contribution in [0, 0.1) is 13.8 Å². The third-order valence-corrected chi connectivity index (χ3v) is 3.12. The molecule has 0 heterocycles. The molecule has 2 amide bonds. The molecule has 0 radical (unpaired) electrons. The van der Waals surface area contributed by atoms with E-state index in [1.165, 1.54) is 7.11 Å². The number of rotatable bonds is 3. The Morgan fingerprint density at radius 3 is 2.09 bits per heavy atom. The predicted octanol–water partition coefficient (Wildman–Crippen LogP) is 2.89. The minimum absolute atomic E-state index is 0.464. The van der Waals surface area contributed by atoms with Gasteiger partial charge in [0.15, 0.2) is 0 Å². The number of benzene rings is 2. The van der Waals surface area contributed by atoms with E-state index in [2.05, 4.69) is 10.6 Å². The van der Waals surface area contributed by atoms with Crippen LogP contribution in [0.5, 0.6) is 5.75 Å². The zero-order valence-corrected chi connectivity index (χ0v) is 12.8. The van der Waals surface area contributed by atoms with Gasteiger partial charge in [0.05, 0.1) is 12.8 Å². The highest BCUT2D eigenvalue weighted by atomic mass is 16.5. The molecule has 0 spiro atoms. The molecule has 0 saturated heterocycles. The molecular formula is C17H18N2O3. The molecule has 5 heteroatoms. The van der Waals surface area contributed by atoms with Crippen molar-refractivity contribution >= 4 is 23.2 Å². The van der Waals surface area contributed by atoms with Gasteiger partial charge in [0.1, 0.15) is 5.75 Å². The van der Waals surface area contributed by atoms with Crippen LogP contribution in [0.3, 0.4) is 0 Å². The van der Waals surface area contributed by atoms with Gasteiger partial charge in [-0.15, -0.1) is 0 Å². The van der Waals surface area contributed by atoms with Gasteiger partial charge in [0.25, 0.3) is 0 Å². The number of aryl methyl sites for hydroxylation is 2. The second-order valence-electron chi connectivity index (χ2n) is 4.98. The monoisotopic (exact) mass is 298 g/mol. The molecule has 0 unspecified atom stereocenters. The Morgan fingerprint density at radius 1 is 0.864 bits per heavy atom. The molecule has 22 heavy (non-hydrogen) atoms. The Hall–Kier alpha value is -2.82. The highest BCUT2D eigenvalue weighted by Gasteiger charge is 2.16. The van der Waals surface area contributed by atoms with Gasteiger partial charge in [-0.05, 0) is 43.7 Å². The van der Waals surface area contributed by atoms with Gasteiger partial charge in [0, 0.05) is 5.69 Å². The normalized spacial score (nSPS) is 9.95. The Balaban J connectivity index is 2.07. The zero-order valence-electron chi connectivity index (χ0n) is 12.8. The van der Waals surface area contributed by atoms with E-state index in [9.17, 15) is 9.59 Å². The fourth-order valence-corrected chi connectivity index (χ4v) is 1.92. The van der Waals surface area contributed by atoms with Crippen LogP contribution in [-0.2, 0) is 9.59 Å². The summed E-state index contributed by atoms with van der Waals surface area (Å²) in [5, 5.41) is 5.11. The molecule has 114 valence electrons. The minimum atomic E-state index is -0.746. The highest BCUT2D eigenvalue weighted by Crippen LogP contribution is 2.25. The molecule has 2 rings (SSSR count). The van der Waals surface area contributed by atoms with Gasteiger partial charge in [-0.2, -0.15) is 0 Å². The van der Waals surface area contributed by atoms with Crippen molar-refractivity contribution in [2.45, 2.75) is 13.8 Å². The first kappa shape index (κ1) is 15.6. The number of carbonyl (C=O) groups excluding carboxylic acids is 2. The maximum Gasteiger partial charge on any atom is 0.314 e. The number of amides is 2. The van der Waals surface area contributed by atoms with Crippen molar-refractivity contribution in [3.8, 4) is 5.75 Å². The maximum absolute atomic E-state index is 12.0. The smallest absolute Gasteiger partial charge is 0.314 e. The predicted molar refractivity (Wildman–Crippen MR) is 86.2 cm³/mol. The molecule has 0 aliphatic rings. The molecule has 0 aromatic heterocycles. The average molecular weight is 298 g/mol. The lowest BCUT2D eigenvalue weighted by Crippen LogP contribution is -2.29. The van der Waals surface area contributed by atoms with E-state index in [0.717, 1.165) is 11.1 Å². The standard InChI is InChI=1S/C17H18N2O3/c1-11-4-7-13(8-5-11)18-16(20)17(21)19-14-10-12(2)6-9-15(14)22-3/h4-10H,1-3H3,(H,18,20)(H,19,21). The molecule has 2 N–H and O–H groups in total. The van der Waals surface area contributed by atoms with Gasteiger partial charge in [0.2, 0.25) is 0 Å². The third kappa shape index (κ3) is 3.85. The van der Waals surface area contributed by atoms with E-state index in [1.807, 2.05) is 32.0 Å². The van der Waals surface area contributed by atoms with Crippen LogP contribution in [0.2, 0.25) is 0 Å². The number of nitrogens with one attached hydrogen (secondary N) is 2. The van der Waals surface area contributed by atoms with Gasteiger partial charge in [-0.1, -0.05) is 23.8 Å². The lowest BCUT2D eigenvalue weighted by molar-refractivity contribution is -0.133. The Labute approximate surface area is 129 Å². The SMILES string of the molecule is COc1ccc(C)cc1NC(=O)C(=O)Nc1ccc(C)cc1. The summed E-state index contributed by atoms with van der Waals surface area (Å²) in [5.41, 5.74) is 3.07. The Kier molecular flexibility index (Phi) is 4.78. The summed E-state index contributed by atoms with van der Waals surface area (Å²) in [7, 11) is 1.51. The fourth-order valence-electron chi connectivity index (χ4n) is 1.92. The molecule has 2 aromatic rings. The number of anilines is 2. The Bertz CT molecular complexity index is 694. The van der Waals surface area contributed by atoms with Crippen molar-refractivity contribution in [1.82, 2.24) is 0 Å². The number of ether oxygens (including phenoxy) is 1. The topological polar surface area (TPSA) is 67.4 Å². The first-order valence-electron chi connectivity index (χ1n) is 6.83. The van der Waals surface area contributed by atoms with Gasteiger partial charge in [-0.3, -0.25) is 9.59 Å². The van der Waals surface area contributed by atoms with Crippen LogP contribution in [0.1, 0.15) is 11.1 Å². The van der Waals surface area contributed by atoms with Crippen LogP contribution in [0.25, 0.3) is 0 Å². The van der Waals surface area contributed by atoms with Crippen LogP contribution in [0.4, 0.5) is 11.4 Å². The molecule has 0 saturated carbocycles. The van der Waals surface area contributed by atoms with E-state index in [0.29, 0.717) is 17.1 Å². The van der Waals surface area contributed by atoms with E-state index in [4.69, 9.17) is 4.74 Å². The summed E-state index contributed by atoms with van der Waals surface area (Å²) in [4.78, 5) is 23.9. The van der Waals surface area contributed by atoms with Gasteiger partial charge >= 0.3 is 11.8 Å². The van der Waals surface area contributed by atoms with Crippen molar-refractivity contribution in [2.24, 2.45) is 0 Å². The first-order valence-corrected chi connectivity index (χ1v) is 6.83. The molecule has 0 fully saturated rings. The van der Waals surface area contributed by atoms with Gasteiger partial charge in [-0.25, -0.2) is 0 Å². The molecule has 0 atom stereocenters. The summed E-state index contributed by atoms with van der Waals surface area (Å²) in [6.07, 6.45) is 0. The average Bonchev–Trinajstić information content (AvgIpc) is 2.49. The fraction of sp³-hybridized carbons (Fsp3) is 0.176. The van der Waals surface area contributed by atoms with E-state index < -0.39 is 11.8 Å². The second kappa shape index (κ2) is 6.76. The third-order valence-electron chi connectivity index (χ3n) is 3.12. The summed E-state index contributed by atoms with van der Waals surface area (Å²) >= 11 is 0. The van der Waals surface area contributed by atoms with Crippen molar-refractivity contribution < 1.29 is 14.3 Å². The van der Waals surface area contributed by atoms with Crippen LogP contribution in [0.15, 0.2) is 42.5 Å². The molecule has 0 aliphatic heterocycles. The molecule has 0 aliphatic carbocycles. The minimum Gasteiger partial charge on any atom is -0.495 e. The second-order valence-corrected chi connectivity index (χ2v) is 4.98. The van der Waals surface area contributed by atoms with Crippen LogP contribution in [-0.4, -0.2) is 18.9 Å². The quantitative estimate of drug-likeness (QED) is 0.856. The maximum atomic E-state index is 12.0. The lowest BCUT2D eigenvalue weighted by atomic mass is 10.2. The van der Waals surface area contributed by atoms with E-state index in [-0.39, 0.29) is 0 Å². The summed E-state index contributed by atoms with van der Waals surface area (Å²) < 4.78 is 5.17. The number of methoxy groups -OCH3 is 1. The summed E-state index contributed by atoms with van der Waals surface area (Å²) in [6.45, 7) is 3.84. The van der Waals surface area contributed by atoms with Crippen LogP contribution < -0.4 is 15.4 Å². The van der Waals surface area contributed by atoms with Crippen LogP contribution >= 0.6 is 0 Å². The van der Waals surface area contributed by atoms with Crippen molar-refractivity contribution in [3.05, 3.63) is 53.6 Å². The summed E-state index contributed by atoms with van der Waals surface area (Å²) in [6, 6.07) is 12.6. The molecule has 0 bridgehead atoms. The molecule has 5 nitrogen and oxygen atoms in total. The number of hydrogen-bond donors (Lipinski definition) is 2. The largest absolute Gasteiger partial charge is 0.495 e. The van der Waals surface area contributed by atoms with Gasteiger partial charge < -0.3 is 15.4 Å². The number of carbonyl (C=O) groups is 2. The molecule has 2 aromatic carbocycles. The van der Waals surface area contributed by atoms with E-state index >= 15 is 0 Å².